The summed E-state index contributed by atoms with van der Waals surface area (Å²) in [7, 11) is 3.22. The number of methoxy groups -OCH3 is 2. The summed E-state index contributed by atoms with van der Waals surface area (Å²) in [6, 6.07) is 23.3. The Labute approximate surface area is 223 Å². The molecule has 2 aliphatic rings. The maximum Gasteiger partial charge on any atom is 0.254 e. The van der Waals surface area contributed by atoms with Gasteiger partial charge in [-0.2, -0.15) is 0 Å². The van der Waals surface area contributed by atoms with Crippen molar-refractivity contribution in [1.82, 2.24) is 5.32 Å². The van der Waals surface area contributed by atoms with E-state index in [2.05, 4.69) is 10.6 Å². The summed E-state index contributed by atoms with van der Waals surface area (Å²) < 4.78 is 10.9. The molecule has 0 saturated heterocycles. The lowest BCUT2D eigenvalue weighted by Crippen LogP contribution is -2.37. The highest BCUT2D eigenvalue weighted by Gasteiger charge is 2.41. The molecule has 1 amide bonds. The summed E-state index contributed by atoms with van der Waals surface area (Å²) in [6.07, 6.45) is 1.01. The third-order valence-electron chi connectivity index (χ3n) is 7.39. The predicted molar refractivity (Wildman–Crippen MR) is 148 cm³/mol. The van der Waals surface area contributed by atoms with Crippen molar-refractivity contribution in [3.8, 4) is 11.5 Å². The molecule has 1 aliphatic heterocycles. The number of anilines is 1. The Balaban J connectivity index is 1.52. The van der Waals surface area contributed by atoms with Crippen LogP contribution in [0.3, 0.4) is 0 Å². The van der Waals surface area contributed by atoms with Crippen molar-refractivity contribution in [2.75, 3.05) is 19.5 Å². The Hall–Kier alpha value is -4.32. The minimum absolute atomic E-state index is 0.0132. The number of nitrogens with one attached hydrogen (secondary N) is 2. The number of hydrogen-bond acceptors (Lipinski definition) is 5. The first kappa shape index (κ1) is 25.3. The molecule has 0 radical (unpaired) electrons. The first-order valence-electron chi connectivity index (χ1n) is 12.8. The third kappa shape index (κ3) is 4.82. The number of amides is 1. The third-order valence-corrected chi connectivity index (χ3v) is 7.39. The van der Waals surface area contributed by atoms with Gasteiger partial charge in [-0.3, -0.25) is 9.59 Å². The van der Waals surface area contributed by atoms with E-state index in [-0.39, 0.29) is 17.6 Å². The quantitative estimate of drug-likeness (QED) is 0.426. The number of allylic oxidation sites excluding steroid dienone is 3. The van der Waals surface area contributed by atoms with Crippen molar-refractivity contribution in [2.45, 2.75) is 38.5 Å². The molecule has 0 fully saturated rings. The number of ketones is 1. The Morgan fingerprint density at radius 3 is 2.26 bits per heavy atom. The summed E-state index contributed by atoms with van der Waals surface area (Å²) in [5.74, 6) is 0.662. The van der Waals surface area contributed by atoms with E-state index in [0.717, 1.165) is 33.8 Å². The average molecular weight is 509 g/mol. The average Bonchev–Trinajstić information content (AvgIpc) is 2.93. The van der Waals surface area contributed by atoms with Gasteiger partial charge in [-0.15, -0.1) is 0 Å². The lowest BCUT2D eigenvalue weighted by Gasteiger charge is -2.37. The van der Waals surface area contributed by atoms with E-state index in [0.29, 0.717) is 35.5 Å². The highest BCUT2D eigenvalue weighted by atomic mass is 16.5. The molecule has 5 rings (SSSR count). The van der Waals surface area contributed by atoms with Crippen molar-refractivity contribution >= 4 is 17.4 Å². The first-order chi connectivity index (χ1) is 18.4. The molecule has 6 heteroatoms. The van der Waals surface area contributed by atoms with Crippen LogP contribution in [-0.2, 0) is 9.59 Å². The van der Waals surface area contributed by atoms with Crippen LogP contribution in [0.25, 0.3) is 0 Å². The van der Waals surface area contributed by atoms with Gasteiger partial charge >= 0.3 is 0 Å². The van der Waals surface area contributed by atoms with E-state index < -0.39 is 5.92 Å². The second-order valence-electron chi connectivity index (χ2n) is 9.86. The van der Waals surface area contributed by atoms with Crippen LogP contribution >= 0.6 is 0 Å². The fraction of sp³-hybridized carbons (Fsp3) is 0.250. The Kier molecular flexibility index (Phi) is 7.05. The van der Waals surface area contributed by atoms with Gasteiger partial charge in [0.25, 0.3) is 5.91 Å². The predicted octanol–water partition coefficient (Wildman–Crippen LogP) is 6.01. The fourth-order valence-corrected chi connectivity index (χ4v) is 5.50. The zero-order valence-electron chi connectivity index (χ0n) is 22.1. The number of carbonyl (C=O) groups is 2. The molecule has 0 bridgehead atoms. The molecule has 2 N–H and O–H groups in total. The van der Waals surface area contributed by atoms with Crippen molar-refractivity contribution in [3.05, 3.63) is 112 Å². The molecule has 1 aliphatic carbocycles. The van der Waals surface area contributed by atoms with Gasteiger partial charge < -0.3 is 20.1 Å². The van der Waals surface area contributed by atoms with E-state index in [1.807, 2.05) is 86.6 Å². The molecule has 2 unspecified atom stereocenters. The van der Waals surface area contributed by atoms with Gasteiger partial charge in [0.05, 0.1) is 14.2 Å². The monoisotopic (exact) mass is 508 g/mol. The van der Waals surface area contributed by atoms with Gasteiger partial charge in [0, 0.05) is 40.6 Å². The van der Waals surface area contributed by atoms with Crippen LogP contribution in [-0.4, -0.2) is 25.9 Å². The fourth-order valence-electron chi connectivity index (χ4n) is 5.50. The summed E-state index contributed by atoms with van der Waals surface area (Å²) in [5.41, 5.74) is 6.64. The van der Waals surface area contributed by atoms with Crippen LogP contribution in [0.5, 0.6) is 11.5 Å². The number of ether oxygens (including phenoxy) is 2. The molecule has 0 saturated carbocycles. The second-order valence-corrected chi connectivity index (χ2v) is 9.86. The van der Waals surface area contributed by atoms with Gasteiger partial charge in [0.1, 0.15) is 0 Å². The number of dihydropyridines is 1. The highest BCUT2D eigenvalue weighted by molar-refractivity contribution is 6.10. The van der Waals surface area contributed by atoms with Crippen LogP contribution in [0.2, 0.25) is 0 Å². The molecule has 3 aromatic carbocycles. The molecular formula is C32H32N2O4. The Bertz CT molecular complexity index is 1440. The zero-order chi connectivity index (χ0) is 26.8. The number of rotatable bonds is 6. The summed E-state index contributed by atoms with van der Waals surface area (Å²) in [4.78, 5) is 27.5. The van der Waals surface area contributed by atoms with Gasteiger partial charge in [-0.25, -0.2) is 0 Å². The maximum atomic E-state index is 13.8. The number of hydrogen-bond donors (Lipinski definition) is 2. The van der Waals surface area contributed by atoms with Crippen molar-refractivity contribution in [1.29, 1.82) is 0 Å². The molecule has 0 aromatic heterocycles. The van der Waals surface area contributed by atoms with Gasteiger partial charge in [-0.05, 0) is 61.6 Å². The molecule has 6 nitrogen and oxygen atoms in total. The number of aryl methyl sites for hydroxylation is 1. The number of carbonyl (C=O) groups excluding carboxylic acids is 2. The van der Waals surface area contributed by atoms with Gasteiger partial charge in [-0.1, -0.05) is 54.1 Å². The molecule has 1 heterocycles. The molecular weight excluding hydrogens is 476 g/mol. The Morgan fingerprint density at radius 2 is 1.58 bits per heavy atom. The molecule has 0 spiro atoms. The van der Waals surface area contributed by atoms with Gasteiger partial charge in [0.2, 0.25) is 0 Å². The van der Waals surface area contributed by atoms with Crippen molar-refractivity contribution in [3.63, 3.8) is 0 Å². The minimum atomic E-state index is -0.447. The van der Waals surface area contributed by atoms with Crippen LogP contribution in [0, 0.1) is 6.92 Å². The van der Waals surface area contributed by atoms with Crippen LogP contribution < -0.4 is 20.1 Å². The lowest BCUT2D eigenvalue weighted by atomic mass is 9.71. The topological polar surface area (TPSA) is 76.7 Å². The maximum absolute atomic E-state index is 13.8. The lowest BCUT2D eigenvalue weighted by molar-refractivity contribution is -0.116. The van der Waals surface area contributed by atoms with E-state index >= 15 is 0 Å². The van der Waals surface area contributed by atoms with Crippen LogP contribution in [0.4, 0.5) is 5.69 Å². The molecule has 3 aromatic rings. The molecule has 2 atom stereocenters. The van der Waals surface area contributed by atoms with Crippen LogP contribution in [0.15, 0.2) is 95.3 Å². The minimum Gasteiger partial charge on any atom is -0.493 e. The van der Waals surface area contributed by atoms with Crippen molar-refractivity contribution in [2.24, 2.45) is 0 Å². The Morgan fingerprint density at radius 1 is 0.868 bits per heavy atom. The summed E-state index contributed by atoms with van der Waals surface area (Å²) >= 11 is 0. The molecule has 38 heavy (non-hydrogen) atoms. The van der Waals surface area contributed by atoms with E-state index in [4.69, 9.17) is 9.47 Å². The van der Waals surface area contributed by atoms with E-state index in [1.54, 1.807) is 14.2 Å². The first-order valence-corrected chi connectivity index (χ1v) is 12.8. The number of benzene rings is 3. The largest absolute Gasteiger partial charge is 0.493 e. The zero-order valence-corrected chi connectivity index (χ0v) is 22.1. The SMILES string of the molecule is COc1ccc(C2CC(=O)C3=C(C2)NC(C)=C(C(=O)Nc2ccc(C)cc2)C3c2ccccc2)cc1OC. The van der Waals surface area contributed by atoms with Crippen LogP contribution in [0.1, 0.15) is 48.3 Å². The second kappa shape index (κ2) is 10.6. The van der Waals surface area contributed by atoms with Gasteiger partial charge in [0.15, 0.2) is 17.3 Å². The normalized spacial score (nSPS) is 19.0. The van der Waals surface area contributed by atoms with E-state index in [9.17, 15) is 9.59 Å². The number of Topliss-reactive ketones (excluding diaryl/α,β-unsaturated/α-hetero) is 1. The van der Waals surface area contributed by atoms with E-state index in [1.165, 1.54) is 0 Å². The standard InChI is InChI=1S/C32H32N2O4/c1-19-10-13-24(14-11-19)34-32(36)29-20(2)33-25-16-23(22-12-15-27(37-3)28(18-22)38-4)17-26(35)31(25)30(29)21-8-6-5-7-9-21/h5-15,18,23,30,33H,16-17H2,1-4H3,(H,34,36). The highest BCUT2D eigenvalue weighted by Crippen LogP contribution is 2.46. The molecule has 194 valence electrons. The summed E-state index contributed by atoms with van der Waals surface area (Å²) in [6.45, 7) is 3.92. The van der Waals surface area contributed by atoms with Crippen molar-refractivity contribution < 1.29 is 19.1 Å². The summed E-state index contributed by atoms with van der Waals surface area (Å²) in [5, 5.41) is 6.49. The smallest absolute Gasteiger partial charge is 0.254 e.